The minimum atomic E-state index is -0.155. The maximum absolute atomic E-state index is 12.4. The zero-order chi connectivity index (χ0) is 13.9. The molecule has 0 radical (unpaired) electrons. The van der Waals surface area contributed by atoms with Gasteiger partial charge in [0.05, 0.1) is 11.7 Å². The first-order valence-corrected chi connectivity index (χ1v) is 7.14. The molecule has 1 amide bonds. The maximum Gasteiger partial charge on any atom is 0.264 e. The van der Waals surface area contributed by atoms with Crippen LogP contribution in [0.15, 0.2) is 48.4 Å². The Morgan fingerprint density at radius 2 is 2.25 bits per heavy atom. The number of hydrogen-bond donors (Lipinski definition) is 2. The third kappa shape index (κ3) is 2.37. The van der Waals surface area contributed by atoms with Gasteiger partial charge in [-0.3, -0.25) is 4.79 Å². The number of aromatic amines is 1. The fourth-order valence-electron chi connectivity index (χ4n) is 2.02. The molecule has 3 heterocycles. The Kier molecular flexibility index (Phi) is 3.39. The Hall–Kier alpha value is -2.34. The molecule has 102 valence electrons. The second-order valence-corrected chi connectivity index (χ2v) is 5.31. The Bertz CT molecular complexity index is 685. The van der Waals surface area contributed by atoms with Crippen molar-refractivity contribution in [2.45, 2.75) is 13.0 Å². The lowest BCUT2D eigenvalue weighted by atomic mass is 10.3. The SMILES string of the molecule is CC(NC(=O)c1sccc1-n1cccc1)c1ncc[nH]1. The number of H-pyrrole nitrogens is 1. The van der Waals surface area contributed by atoms with Gasteiger partial charge >= 0.3 is 0 Å². The van der Waals surface area contributed by atoms with Crippen LogP contribution in [0.3, 0.4) is 0 Å². The summed E-state index contributed by atoms with van der Waals surface area (Å²) in [7, 11) is 0. The summed E-state index contributed by atoms with van der Waals surface area (Å²) < 4.78 is 1.93. The van der Waals surface area contributed by atoms with Crippen LogP contribution >= 0.6 is 11.3 Å². The average molecular weight is 286 g/mol. The zero-order valence-corrected chi connectivity index (χ0v) is 11.7. The molecule has 3 aromatic heterocycles. The fourth-order valence-corrected chi connectivity index (χ4v) is 2.81. The molecule has 0 aliphatic carbocycles. The third-order valence-corrected chi connectivity index (χ3v) is 3.91. The van der Waals surface area contributed by atoms with Crippen LogP contribution in [0, 0.1) is 0 Å². The standard InChI is InChI=1S/C14H14N4OS/c1-10(13-15-5-6-16-13)17-14(19)12-11(4-9-20-12)18-7-2-3-8-18/h2-10H,1H3,(H,15,16)(H,17,19). The van der Waals surface area contributed by atoms with E-state index >= 15 is 0 Å². The Morgan fingerprint density at radius 3 is 2.95 bits per heavy atom. The van der Waals surface area contributed by atoms with Crippen molar-refractivity contribution in [1.82, 2.24) is 19.9 Å². The largest absolute Gasteiger partial charge is 0.347 e. The summed E-state index contributed by atoms with van der Waals surface area (Å²) in [6, 6.07) is 5.66. The third-order valence-electron chi connectivity index (χ3n) is 3.01. The van der Waals surface area contributed by atoms with Crippen molar-refractivity contribution in [2.24, 2.45) is 0 Å². The zero-order valence-electron chi connectivity index (χ0n) is 10.9. The minimum Gasteiger partial charge on any atom is -0.347 e. The highest BCUT2D eigenvalue weighted by Crippen LogP contribution is 2.22. The smallest absolute Gasteiger partial charge is 0.264 e. The first-order valence-electron chi connectivity index (χ1n) is 6.26. The lowest BCUT2D eigenvalue weighted by Crippen LogP contribution is -2.27. The minimum absolute atomic E-state index is 0.0902. The van der Waals surface area contributed by atoms with Crippen LogP contribution in [0.1, 0.15) is 28.5 Å². The summed E-state index contributed by atoms with van der Waals surface area (Å²) >= 11 is 1.43. The predicted molar refractivity (Wildman–Crippen MR) is 78.1 cm³/mol. The molecule has 0 fully saturated rings. The summed E-state index contributed by atoms with van der Waals surface area (Å²) in [4.78, 5) is 20.2. The van der Waals surface area contributed by atoms with E-state index in [1.165, 1.54) is 11.3 Å². The molecular weight excluding hydrogens is 272 g/mol. The number of nitrogens with zero attached hydrogens (tertiary/aromatic N) is 2. The number of hydrogen-bond acceptors (Lipinski definition) is 3. The second kappa shape index (κ2) is 5.34. The molecule has 5 nitrogen and oxygen atoms in total. The van der Waals surface area contributed by atoms with E-state index in [1.54, 1.807) is 12.4 Å². The predicted octanol–water partition coefficient (Wildman–Crippen LogP) is 2.75. The Morgan fingerprint density at radius 1 is 1.45 bits per heavy atom. The van der Waals surface area contributed by atoms with Gasteiger partial charge in [-0.05, 0) is 30.5 Å². The first-order chi connectivity index (χ1) is 9.75. The molecule has 0 saturated heterocycles. The quantitative estimate of drug-likeness (QED) is 0.774. The van der Waals surface area contributed by atoms with Crippen LogP contribution in [-0.2, 0) is 0 Å². The van der Waals surface area contributed by atoms with E-state index in [2.05, 4.69) is 15.3 Å². The van der Waals surface area contributed by atoms with Crippen LogP contribution in [0.2, 0.25) is 0 Å². The number of carbonyl (C=O) groups is 1. The molecule has 3 rings (SSSR count). The first kappa shape index (κ1) is 12.7. The van der Waals surface area contributed by atoms with E-state index in [4.69, 9.17) is 0 Å². The highest BCUT2D eigenvalue weighted by atomic mass is 32.1. The van der Waals surface area contributed by atoms with Crippen LogP contribution in [-0.4, -0.2) is 20.4 Å². The van der Waals surface area contributed by atoms with Gasteiger partial charge in [0, 0.05) is 24.8 Å². The molecule has 1 atom stereocenters. The number of carbonyl (C=O) groups excluding carboxylic acids is 1. The van der Waals surface area contributed by atoms with E-state index in [9.17, 15) is 4.79 Å². The highest BCUT2D eigenvalue weighted by Gasteiger charge is 2.17. The van der Waals surface area contributed by atoms with Crippen LogP contribution < -0.4 is 5.32 Å². The molecule has 0 saturated carbocycles. The average Bonchev–Trinajstić information content (AvgIpc) is 3.19. The van der Waals surface area contributed by atoms with E-state index in [-0.39, 0.29) is 11.9 Å². The number of nitrogens with one attached hydrogen (secondary N) is 2. The van der Waals surface area contributed by atoms with Crippen molar-refractivity contribution < 1.29 is 4.79 Å². The fraction of sp³-hybridized carbons (Fsp3) is 0.143. The Balaban J connectivity index is 1.80. The summed E-state index contributed by atoms with van der Waals surface area (Å²) in [5.41, 5.74) is 0.893. The van der Waals surface area contributed by atoms with Gasteiger partial charge in [0.2, 0.25) is 0 Å². The molecule has 0 aliphatic heterocycles. The monoisotopic (exact) mass is 286 g/mol. The molecule has 1 unspecified atom stereocenters. The van der Waals surface area contributed by atoms with Crippen LogP contribution in [0.5, 0.6) is 0 Å². The molecular formula is C14H14N4OS. The number of aromatic nitrogens is 3. The van der Waals surface area contributed by atoms with Crippen molar-refractivity contribution in [3.05, 3.63) is 59.1 Å². The van der Waals surface area contributed by atoms with Gasteiger partial charge in [0.25, 0.3) is 5.91 Å². The number of rotatable bonds is 4. The number of thiophene rings is 1. The topological polar surface area (TPSA) is 62.7 Å². The van der Waals surface area contributed by atoms with Gasteiger partial charge in [0.1, 0.15) is 10.7 Å². The van der Waals surface area contributed by atoms with E-state index < -0.39 is 0 Å². The van der Waals surface area contributed by atoms with Crippen molar-refractivity contribution in [3.63, 3.8) is 0 Å². The normalized spacial score (nSPS) is 12.2. The van der Waals surface area contributed by atoms with E-state index in [1.807, 2.05) is 47.5 Å². The van der Waals surface area contributed by atoms with E-state index in [0.29, 0.717) is 4.88 Å². The summed E-state index contributed by atoms with van der Waals surface area (Å²) in [6.07, 6.45) is 7.27. The van der Waals surface area contributed by atoms with E-state index in [0.717, 1.165) is 11.5 Å². The molecule has 2 N–H and O–H groups in total. The van der Waals surface area contributed by atoms with Crippen molar-refractivity contribution in [1.29, 1.82) is 0 Å². The van der Waals surface area contributed by atoms with Crippen LogP contribution in [0.25, 0.3) is 5.69 Å². The van der Waals surface area contributed by atoms with Gasteiger partial charge < -0.3 is 14.9 Å². The van der Waals surface area contributed by atoms with Gasteiger partial charge in [-0.1, -0.05) is 0 Å². The van der Waals surface area contributed by atoms with Gasteiger partial charge in [-0.2, -0.15) is 0 Å². The molecule has 0 bridgehead atoms. The van der Waals surface area contributed by atoms with Crippen LogP contribution in [0.4, 0.5) is 0 Å². The lowest BCUT2D eigenvalue weighted by Gasteiger charge is -2.12. The number of imidazole rings is 1. The summed E-state index contributed by atoms with van der Waals surface area (Å²) in [6.45, 7) is 1.90. The van der Waals surface area contributed by atoms with Crippen molar-refractivity contribution >= 4 is 17.2 Å². The maximum atomic E-state index is 12.4. The van der Waals surface area contributed by atoms with Gasteiger partial charge in [0.15, 0.2) is 0 Å². The molecule has 0 spiro atoms. The summed E-state index contributed by atoms with van der Waals surface area (Å²) in [5.74, 6) is 0.657. The number of amides is 1. The van der Waals surface area contributed by atoms with Gasteiger partial charge in [-0.25, -0.2) is 4.98 Å². The molecule has 0 aliphatic rings. The molecule has 20 heavy (non-hydrogen) atoms. The molecule has 3 aromatic rings. The highest BCUT2D eigenvalue weighted by molar-refractivity contribution is 7.12. The lowest BCUT2D eigenvalue weighted by molar-refractivity contribution is 0.0942. The second-order valence-electron chi connectivity index (χ2n) is 4.39. The Labute approximate surface area is 120 Å². The van der Waals surface area contributed by atoms with Crippen molar-refractivity contribution in [2.75, 3.05) is 0 Å². The summed E-state index contributed by atoms with van der Waals surface area (Å²) in [5, 5.41) is 4.87. The van der Waals surface area contributed by atoms with Crippen molar-refractivity contribution in [3.8, 4) is 5.69 Å². The molecule has 0 aromatic carbocycles. The molecule has 6 heteroatoms. The van der Waals surface area contributed by atoms with Gasteiger partial charge in [-0.15, -0.1) is 11.3 Å².